The Kier molecular flexibility index (Phi) is 8.10. The molecule has 0 spiro atoms. The molecule has 2 amide bonds. The average molecular weight is 376 g/mol. The number of amides is 2. The van der Waals surface area contributed by atoms with Crippen LogP contribution in [-0.2, 0) is 14.3 Å². The number of benzene rings is 1. The highest BCUT2D eigenvalue weighted by atomic mass is 16.5. The Labute approximate surface area is 159 Å². The molecule has 0 unspecified atom stereocenters. The number of hydrogen-bond donors (Lipinski definition) is 2. The SMILES string of the molecule is CCOc1ccccc1C(=O)NCC(=O)OCC(=O)N[C@@H]1CCCC[C@@H]1C. The molecule has 2 N–H and O–H groups in total. The maximum Gasteiger partial charge on any atom is 0.325 e. The summed E-state index contributed by atoms with van der Waals surface area (Å²) in [5, 5.41) is 5.40. The van der Waals surface area contributed by atoms with Gasteiger partial charge in [0.15, 0.2) is 6.61 Å². The van der Waals surface area contributed by atoms with E-state index in [1.165, 1.54) is 6.42 Å². The summed E-state index contributed by atoms with van der Waals surface area (Å²) in [4.78, 5) is 36.0. The average Bonchev–Trinajstić information content (AvgIpc) is 2.67. The molecule has 0 aliphatic heterocycles. The van der Waals surface area contributed by atoms with Gasteiger partial charge in [-0.25, -0.2) is 0 Å². The summed E-state index contributed by atoms with van der Waals surface area (Å²) in [5.41, 5.74) is 0.344. The molecule has 0 heterocycles. The first-order chi connectivity index (χ1) is 13.0. The van der Waals surface area contributed by atoms with Gasteiger partial charge in [-0.05, 0) is 37.8 Å². The molecule has 0 aromatic heterocycles. The summed E-state index contributed by atoms with van der Waals surface area (Å²) in [6.45, 7) is 3.72. The number of ether oxygens (including phenoxy) is 2. The highest BCUT2D eigenvalue weighted by molar-refractivity contribution is 5.98. The number of hydrogen-bond acceptors (Lipinski definition) is 5. The van der Waals surface area contributed by atoms with Crippen molar-refractivity contribution in [3.63, 3.8) is 0 Å². The minimum absolute atomic E-state index is 0.139. The number of esters is 1. The van der Waals surface area contributed by atoms with Gasteiger partial charge in [0.25, 0.3) is 11.8 Å². The molecule has 27 heavy (non-hydrogen) atoms. The highest BCUT2D eigenvalue weighted by Gasteiger charge is 2.23. The predicted octanol–water partition coefficient (Wildman–Crippen LogP) is 2.05. The second-order valence-electron chi connectivity index (χ2n) is 6.71. The lowest BCUT2D eigenvalue weighted by Crippen LogP contribution is -2.43. The first kappa shape index (κ1) is 20.7. The third-order valence-electron chi connectivity index (χ3n) is 4.65. The van der Waals surface area contributed by atoms with E-state index < -0.39 is 11.9 Å². The molecule has 7 nitrogen and oxygen atoms in total. The van der Waals surface area contributed by atoms with Crippen molar-refractivity contribution < 1.29 is 23.9 Å². The lowest BCUT2D eigenvalue weighted by molar-refractivity contribution is -0.147. The van der Waals surface area contributed by atoms with Crippen LogP contribution in [0.15, 0.2) is 24.3 Å². The van der Waals surface area contributed by atoms with Crippen molar-refractivity contribution in [3.8, 4) is 5.75 Å². The van der Waals surface area contributed by atoms with Crippen molar-refractivity contribution in [1.29, 1.82) is 0 Å². The van der Waals surface area contributed by atoms with Crippen molar-refractivity contribution in [2.24, 2.45) is 5.92 Å². The Bertz CT molecular complexity index is 662. The van der Waals surface area contributed by atoms with Crippen LogP contribution in [0.5, 0.6) is 5.75 Å². The van der Waals surface area contributed by atoms with Crippen LogP contribution in [0, 0.1) is 5.92 Å². The Morgan fingerprint density at radius 1 is 1.15 bits per heavy atom. The van der Waals surface area contributed by atoms with E-state index in [0.717, 1.165) is 19.3 Å². The van der Waals surface area contributed by atoms with Gasteiger partial charge >= 0.3 is 5.97 Å². The summed E-state index contributed by atoms with van der Waals surface area (Å²) < 4.78 is 10.3. The van der Waals surface area contributed by atoms with Crippen LogP contribution < -0.4 is 15.4 Å². The molecule has 1 aliphatic rings. The third-order valence-corrected chi connectivity index (χ3v) is 4.65. The van der Waals surface area contributed by atoms with Gasteiger partial charge < -0.3 is 20.1 Å². The van der Waals surface area contributed by atoms with Crippen LogP contribution in [-0.4, -0.2) is 43.6 Å². The smallest absolute Gasteiger partial charge is 0.325 e. The largest absolute Gasteiger partial charge is 0.493 e. The zero-order valence-electron chi connectivity index (χ0n) is 16.0. The molecule has 1 aliphatic carbocycles. The number of carbonyl (C=O) groups excluding carboxylic acids is 3. The third kappa shape index (κ3) is 6.58. The topological polar surface area (TPSA) is 93.7 Å². The van der Waals surface area contributed by atoms with E-state index in [1.54, 1.807) is 24.3 Å². The minimum atomic E-state index is -0.663. The van der Waals surface area contributed by atoms with E-state index in [9.17, 15) is 14.4 Å². The second kappa shape index (κ2) is 10.5. The molecule has 1 aromatic carbocycles. The molecule has 0 radical (unpaired) electrons. The lowest BCUT2D eigenvalue weighted by atomic mass is 9.86. The maximum atomic E-state index is 12.2. The Morgan fingerprint density at radius 2 is 1.89 bits per heavy atom. The fourth-order valence-electron chi connectivity index (χ4n) is 3.16. The van der Waals surface area contributed by atoms with Crippen LogP contribution in [0.25, 0.3) is 0 Å². The summed E-state index contributed by atoms with van der Waals surface area (Å²) in [6, 6.07) is 6.92. The fourth-order valence-corrected chi connectivity index (χ4v) is 3.16. The first-order valence-corrected chi connectivity index (χ1v) is 9.46. The van der Waals surface area contributed by atoms with Gasteiger partial charge in [-0.3, -0.25) is 14.4 Å². The second-order valence-corrected chi connectivity index (χ2v) is 6.71. The summed E-state index contributed by atoms with van der Waals surface area (Å²) in [5.74, 6) is -0.523. The van der Waals surface area contributed by atoms with Gasteiger partial charge in [-0.2, -0.15) is 0 Å². The zero-order valence-corrected chi connectivity index (χ0v) is 16.0. The summed E-state index contributed by atoms with van der Waals surface area (Å²) >= 11 is 0. The van der Waals surface area contributed by atoms with E-state index in [-0.39, 0.29) is 25.1 Å². The van der Waals surface area contributed by atoms with Crippen LogP contribution in [0.1, 0.15) is 49.9 Å². The molecular weight excluding hydrogens is 348 g/mol. The molecule has 7 heteroatoms. The summed E-state index contributed by atoms with van der Waals surface area (Å²) in [7, 11) is 0. The molecule has 2 atom stereocenters. The van der Waals surface area contributed by atoms with Gasteiger partial charge in [0.2, 0.25) is 0 Å². The van der Waals surface area contributed by atoms with Crippen molar-refractivity contribution in [1.82, 2.24) is 10.6 Å². The lowest BCUT2D eigenvalue weighted by Gasteiger charge is -2.29. The van der Waals surface area contributed by atoms with Gasteiger partial charge in [0.05, 0.1) is 12.2 Å². The molecule has 1 saturated carbocycles. The number of para-hydroxylation sites is 1. The van der Waals surface area contributed by atoms with E-state index in [2.05, 4.69) is 17.6 Å². The normalized spacial score (nSPS) is 19.0. The standard InChI is InChI=1S/C20H28N2O5/c1-3-26-17-11-7-5-9-15(17)20(25)21-12-19(24)27-13-18(23)22-16-10-6-4-8-14(16)2/h5,7,9,11,14,16H,3-4,6,8,10,12-13H2,1-2H3,(H,21,25)(H,22,23)/t14-,16+/m0/s1. The van der Waals surface area contributed by atoms with E-state index in [1.807, 2.05) is 6.92 Å². The van der Waals surface area contributed by atoms with Gasteiger partial charge in [0, 0.05) is 6.04 Å². The van der Waals surface area contributed by atoms with E-state index in [0.29, 0.717) is 23.8 Å². The van der Waals surface area contributed by atoms with Gasteiger partial charge in [0.1, 0.15) is 12.3 Å². The number of carbonyl (C=O) groups is 3. The monoisotopic (exact) mass is 376 g/mol. The first-order valence-electron chi connectivity index (χ1n) is 9.46. The van der Waals surface area contributed by atoms with Crippen LogP contribution in [0.4, 0.5) is 0 Å². The minimum Gasteiger partial charge on any atom is -0.493 e. The molecule has 0 saturated heterocycles. The van der Waals surface area contributed by atoms with E-state index in [4.69, 9.17) is 9.47 Å². The Morgan fingerprint density at radius 3 is 2.63 bits per heavy atom. The number of nitrogens with one attached hydrogen (secondary N) is 2. The quantitative estimate of drug-likeness (QED) is 0.678. The predicted molar refractivity (Wildman–Crippen MR) is 100 cm³/mol. The molecule has 0 bridgehead atoms. The Hall–Kier alpha value is -2.57. The zero-order chi connectivity index (χ0) is 19.6. The van der Waals surface area contributed by atoms with Crippen molar-refractivity contribution >= 4 is 17.8 Å². The molecule has 1 aromatic rings. The van der Waals surface area contributed by atoms with Crippen molar-refractivity contribution in [3.05, 3.63) is 29.8 Å². The Balaban J connectivity index is 1.73. The summed E-state index contributed by atoms with van der Waals surface area (Å²) in [6.07, 6.45) is 4.34. The molecular formula is C20H28N2O5. The fraction of sp³-hybridized carbons (Fsp3) is 0.550. The van der Waals surface area contributed by atoms with Crippen molar-refractivity contribution in [2.45, 2.75) is 45.6 Å². The molecule has 148 valence electrons. The van der Waals surface area contributed by atoms with Gasteiger partial charge in [-0.15, -0.1) is 0 Å². The molecule has 1 fully saturated rings. The van der Waals surface area contributed by atoms with Crippen molar-refractivity contribution in [2.75, 3.05) is 19.8 Å². The molecule has 2 rings (SSSR count). The van der Waals surface area contributed by atoms with Crippen LogP contribution in [0.2, 0.25) is 0 Å². The van der Waals surface area contributed by atoms with Gasteiger partial charge in [-0.1, -0.05) is 31.9 Å². The van der Waals surface area contributed by atoms with E-state index >= 15 is 0 Å². The maximum absolute atomic E-state index is 12.2. The van der Waals surface area contributed by atoms with Crippen LogP contribution >= 0.6 is 0 Å². The number of rotatable bonds is 8. The van der Waals surface area contributed by atoms with Crippen LogP contribution in [0.3, 0.4) is 0 Å². The highest BCUT2D eigenvalue weighted by Crippen LogP contribution is 2.23.